The van der Waals surface area contributed by atoms with Crippen LogP contribution in [0.2, 0.25) is 0 Å². The Bertz CT molecular complexity index is 519. The number of carbonyl (C=O) groups excluding carboxylic acids is 1. The Balaban J connectivity index is 2.60. The predicted molar refractivity (Wildman–Crippen MR) is 80.5 cm³/mol. The fraction of sp³-hybridized carbons (Fsp3) is 0.533. The van der Waals surface area contributed by atoms with Crippen LogP contribution >= 0.6 is 0 Å². The topological polar surface area (TPSA) is 68.8 Å². The van der Waals surface area contributed by atoms with Gasteiger partial charge in [-0.25, -0.2) is 10.2 Å². The molecule has 6 nitrogen and oxygen atoms in total. The third-order valence-electron chi connectivity index (χ3n) is 2.41. The van der Waals surface area contributed by atoms with Crippen LogP contribution in [-0.2, 0) is 11.3 Å². The maximum Gasteiger partial charge on any atom is 0.422 e. The summed E-state index contributed by atoms with van der Waals surface area (Å²) in [6.45, 7) is 4.64. The third kappa shape index (κ3) is 7.64. The molecular weight excluding hydrogens is 310 g/mol. The summed E-state index contributed by atoms with van der Waals surface area (Å²) < 4.78 is 39.3. The molecule has 0 radical (unpaired) electrons. The molecule has 0 fully saturated rings. The van der Waals surface area contributed by atoms with Crippen LogP contribution in [0.4, 0.5) is 13.6 Å². The quantitative estimate of drug-likeness (QED) is 0.751. The normalized spacial score (nSPS) is 11.3. The van der Waals surface area contributed by atoms with Gasteiger partial charge in [0.25, 0.3) is 0 Å². The van der Waals surface area contributed by atoms with E-state index >= 15 is 0 Å². The maximum absolute atomic E-state index is 12.3. The average Bonchev–Trinajstić information content (AvgIpc) is 2.39. The number of benzene rings is 1. The lowest BCUT2D eigenvalue weighted by Crippen LogP contribution is -2.40. The zero-order valence-corrected chi connectivity index (χ0v) is 13.6. The Labute approximate surface area is 134 Å². The summed E-state index contributed by atoms with van der Waals surface area (Å²) in [6.07, 6.45) is -0.611. The van der Waals surface area contributed by atoms with E-state index in [9.17, 15) is 13.6 Å². The number of alkyl halides is 2. The van der Waals surface area contributed by atoms with E-state index in [0.717, 1.165) is 0 Å². The molecule has 8 heteroatoms. The van der Waals surface area contributed by atoms with E-state index in [0.29, 0.717) is 12.2 Å². The second kappa shape index (κ2) is 8.52. The molecule has 0 saturated heterocycles. The second-order valence-corrected chi connectivity index (χ2v) is 5.57. The number of ether oxygens (including phenoxy) is 3. The van der Waals surface area contributed by atoms with Crippen LogP contribution in [0.15, 0.2) is 18.2 Å². The first kappa shape index (κ1) is 19.0. The van der Waals surface area contributed by atoms with Gasteiger partial charge in [-0.15, -0.1) is 0 Å². The van der Waals surface area contributed by atoms with Crippen molar-refractivity contribution in [3.8, 4) is 11.5 Å². The molecule has 1 aromatic carbocycles. The lowest BCUT2D eigenvalue weighted by molar-refractivity contribution is -0.0514. The number of nitrogens with one attached hydrogen (secondary N) is 2. The third-order valence-corrected chi connectivity index (χ3v) is 2.41. The summed E-state index contributed by atoms with van der Waals surface area (Å²) >= 11 is 0. The van der Waals surface area contributed by atoms with Gasteiger partial charge in [-0.2, -0.15) is 8.78 Å². The molecule has 1 aromatic rings. The molecule has 0 spiro atoms. The highest BCUT2D eigenvalue weighted by Crippen LogP contribution is 2.29. The van der Waals surface area contributed by atoms with Crippen LogP contribution in [0.25, 0.3) is 0 Å². The molecule has 130 valence electrons. The van der Waals surface area contributed by atoms with Crippen LogP contribution in [0.1, 0.15) is 33.3 Å². The molecule has 0 aromatic heterocycles. The standard InChI is InChI=1S/C15H22F2N2O4/c1-5-21-12-8-10(6-7-11(12)22-13(16)17)9-18-19-14(20)23-15(2,3)4/h6-8,13,18H,5,9H2,1-4H3,(H,19,20). The molecule has 0 saturated carbocycles. The lowest BCUT2D eigenvalue weighted by atomic mass is 10.2. The Morgan fingerprint density at radius 1 is 1.26 bits per heavy atom. The van der Waals surface area contributed by atoms with E-state index in [1.54, 1.807) is 39.8 Å². The predicted octanol–water partition coefficient (Wildman–Crippen LogP) is 3.22. The molecule has 0 bridgehead atoms. The fourth-order valence-corrected chi connectivity index (χ4v) is 1.65. The first-order valence-corrected chi connectivity index (χ1v) is 7.13. The minimum absolute atomic E-state index is 0.0364. The van der Waals surface area contributed by atoms with Crippen molar-refractivity contribution >= 4 is 6.09 Å². The largest absolute Gasteiger partial charge is 0.490 e. The zero-order chi connectivity index (χ0) is 17.5. The number of amides is 1. The fourth-order valence-electron chi connectivity index (χ4n) is 1.65. The molecule has 0 heterocycles. The van der Waals surface area contributed by atoms with Crippen LogP contribution in [-0.4, -0.2) is 24.9 Å². The molecule has 0 aliphatic heterocycles. The van der Waals surface area contributed by atoms with Gasteiger partial charge in [0.15, 0.2) is 11.5 Å². The summed E-state index contributed by atoms with van der Waals surface area (Å²) in [5, 5.41) is 0. The van der Waals surface area contributed by atoms with Crippen LogP contribution in [0.3, 0.4) is 0 Å². The van der Waals surface area contributed by atoms with Crippen LogP contribution < -0.4 is 20.3 Å². The van der Waals surface area contributed by atoms with E-state index < -0.39 is 18.3 Å². The number of hydrogen-bond donors (Lipinski definition) is 2. The molecule has 1 amide bonds. The Kier molecular flexibility index (Phi) is 7.02. The van der Waals surface area contributed by atoms with Crippen molar-refractivity contribution in [3.05, 3.63) is 23.8 Å². The van der Waals surface area contributed by atoms with Gasteiger partial charge in [0, 0.05) is 6.54 Å². The van der Waals surface area contributed by atoms with Crippen LogP contribution in [0.5, 0.6) is 11.5 Å². The van der Waals surface area contributed by atoms with E-state index in [4.69, 9.17) is 9.47 Å². The van der Waals surface area contributed by atoms with Gasteiger partial charge in [0.2, 0.25) is 0 Å². The second-order valence-electron chi connectivity index (χ2n) is 5.57. The lowest BCUT2D eigenvalue weighted by Gasteiger charge is -2.20. The molecule has 1 rings (SSSR count). The number of carbonyl (C=O) groups is 1. The minimum atomic E-state index is -2.92. The number of hydrogen-bond acceptors (Lipinski definition) is 5. The summed E-state index contributed by atoms with van der Waals surface area (Å²) in [5.74, 6) is 0.176. The molecule has 0 unspecified atom stereocenters. The summed E-state index contributed by atoms with van der Waals surface area (Å²) in [6, 6.07) is 4.54. The first-order valence-electron chi connectivity index (χ1n) is 7.13. The molecule has 0 atom stereocenters. The molecule has 23 heavy (non-hydrogen) atoms. The highest BCUT2D eigenvalue weighted by molar-refractivity contribution is 5.67. The smallest absolute Gasteiger partial charge is 0.422 e. The van der Waals surface area contributed by atoms with Gasteiger partial charge in [-0.1, -0.05) is 6.07 Å². The van der Waals surface area contributed by atoms with E-state index in [1.165, 1.54) is 6.07 Å². The molecule has 0 aliphatic rings. The zero-order valence-electron chi connectivity index (χ0n) is 13.6. The molecule has 2 N–H and O–H groups in total. The molecular formula is C15H22F2N2O4. The van der Waals surface area contributed by atoms with Crippen molar-refractivity contribution < 1.29 is 27.8 Å². The van der Waals surface area contributed by atoms with Crippen LogP contribution in [0, 0.1) is 0 Å². The molecule has 0 aliphatic carbocycles. The Hall–Kier alpha value is -2.09. The monoisotopic (exact) mass is 332 g/mol. The SMILES string of the molecule is CCOc1cc(CNNC(=O)OC(C)(C)C)ccc1OC(F)F. The number of rotatable bonds is 7. The van der Waals surface area contributed by atoms with Crippen molar-refractivity contribution in [1.82, 2.24) is 10.9 Å². The summed E-state index contributed by atoms with van der Waals surface area (Å²) in [4.78, 5) is 11.5. The first-order chi connectivity index (χ1) is 10.7. The van der Waals surface area contributed by atoms with Gasteiger partial charge in [0.05, 0.1) is 6.61 Å². The van der Waals surface area contributed by atoms with Gasteiger partial charge in [-0.05, 0) is 45.4 Å². The Morgan fingerprint density at radius 3 is 2.52 bits per heavy atom. The highest BCUT2D eigenvalue weighted by Gasteiger charge is 2.16. The average molecular weight is 332 g/mol. The summed E-state index contributed by atoms with van der Waals surface area (Å²) in [7, 11) is 0. The summed E-state index contributed by atoms with van der Waals surface area (Å²) in [5.41, 5.74) is 5.19. The van der Waals surface area contributed by atoms with Crippen molar-refractivity contribution in [2.24, 2.45) is 0 Å². The van der Waals surface area contributed by atoms with Gasteiger partial charge in [0.1, 0.15) is 5.60 Å². The van der Waals surface area contributed by atoms with Gasteiger partial charge in [-0.3, -0.25) is 5.43 Å². The van der Waals surface area contributed by atoms with E-state index in [-0.39, 0.29) is 18.0 Å². The van der Waals surface area contributed by atoms with Crippen molar-refractivity contribution in [1.29, 1.82) is 0 Å². The number of halogens is 2. The van der Waals surface area contributed by atoms with Crippen molar-refractivity contribution in [2.45, 2.75) is 46.5 Å². The van der Waals surface area contributed by atoms with Gasteiger partial charge >= 0.3 is 12.7 Å². The van der Waals surface area contributed by atoms with Gasteiger partial charge < -0.3 is 14.2 Å². The maximum atomic E-state index is 12.3. The highest BCUT2D eigenvalue weighted by atomic mass is 19.3. The van der Waals surface area contributed by atoms with Crippen molar-refractivity contribution in [3.63, 3.8) is 0 Å². The minimum Gasteiger partial charge on any atom is -0.490 e. The van der Waals surface area contributed by atoms with Crippen molar-refractivity contribution in [2.75, 3.05) is 6.61 Å². The number of hydrazine groups is 1. The van der Waals surface area contributed by atoms with E-state index in [2.05, 4.69) is 15.6 Å². The van der Waals surface area contributed by atoms with E-state index in [1.807, 2.05) is 0 Å². The Morgan fingerprint density at radius 2 is 1.96 bits per heavy atom.